The summed E-state index contributed by atoms with van der Waals surface area (Å²) in [6.45, 7) is 0.165. The smallest absolute Gasteiger partial charge is 0.180 e. The summed E-state index contributed by atoms with van der Waals surface area (Å²) >= 11 is 1.27. The Labute approximate surface area is 104 Å². The summed E-state index contributed by atoms with van der Waals surface area (Å²) in [5.41, 5.74) is 5.18. The fourth-order valence-corrected chi connectivity index (χ4v) is 2.48. The van der Waals surface area contributed by atoms with E-state index in [-0.39, 0.29) is 6.61 Å². The molecule has 1 heterocycles. The molecule has 3 N–H and O–H groups in total. The number of aromatic nitrogens is 1. The number of methoxy groups -OCH3 is 1. The number of nitrogen functional groups attached to an aromatic ring is 1. The number of nitrogens with zero attached hydrogens (tertiary/aromatic N) is 1. The zero-order valence-electron chi connectivity index (χ0n) is 9.46. The van der Waals surface area contributed by atoms with Crippen molar-refractivity contribution in [1.29, 1.82) is 0 Å². The Bertz CT molecular complexity index is 486. The highest BCUT2D eigenvalue weighted by molar-refractivity contribution is 7.15. The average molecular weight is 250 g/mol. The molecule has 17 heavy (non-hydrogen) atoms. The third-order valence-corrected chi connectivity index (χ3v) is 3.51. The van der Waals surface area contributed by atoms with Crippen LogP contribution in [0.15, 0.2) is 36.5 Å². The molecule has 0 aliphatic carbocycles. The molecule has 0 spiro atoms. The highest BCUT2D eigenvalue weighted by Crippen LogP contribution is 2.34. The van der Waals surface area contributed by atoms with Gasteiger partial charge in [-0.1, -0.05) is 41.7 Å². The van der Waals surface area contributed by atoms with Gasteiger partial charge in [0.2, 0.25) is 0 Å². The van der Waals surface area contributed by atoms with Crippen molar-refractivity contribution in [2.75, 3.05) is 19.5 Å². The lowest BCUT2D eigenvalue weighted by Crippen LogP contribution is -2.31. The Kier molecular flexibility index (Phi) is 3.42. The molecule has 0 amide bonds. The highest BCUT2D eigenvalue weighted by atomic mass is 32.1. The summed E-state index contributed by atoms with van der Waals surface area (Å²) in [4.78, 5) is 4.65. The maximum Gasteiger partial charge on any atom is 0.180 e. The molecule has 90 valence electrons. The summed E-state index contributed by atoms with van der Waals surface area (Å²) < 4.78 is 5.11. The quantitative estimate of drug-likeness (QED) is 0.865. The number of nitrogens with two attached hydrogens (primary N) is 1. The predicted molar refractivity (Wildman–Crippen MR) is 67.8 cm³/mol. The number of aliphatic hydroxyl groups is 1. The van der Waals surface area contributed by atoms with Gasteiger partial charge in [0.1, 0.15) is 5.60 Å². The van der Waals surface area contributed by atoms with Gasteiger partial charge < -0.3 is 15.6 Å². The van der Waals surface area contributed by atoms with Crippen LogP contribution in [0.1, 0.15) is 10.4 Å². The first kappa shape index (κ1) is 12.0. The van der Waals surface area contributed by atoms with Crippen molar-refractivity contribution in [1.82, 2.24) is 4.98 Å². The van der Waals surface area contributed by atoms with Gasteiger partial charge in [-0.15, -0.1) is 0 Å². The Balaban J connectivity index is 2.46. The van der Waals surface area contributed by atoms with Gasteiger partial charge in [0.25, 0.3) is 0 Å². The summed E-state index contributed by atoms with van der Waals surface area (Å²) in [6, 6.07) is 9.36. The minimum Gasteiger partial charge on any atom is -0.381 e. The fraction of sp³-hybridized carbons (Fsp3) is 0.250. The average Bonchev–Trinajstić information content (AvgIpc) is 2.78. The second-order valence-electron chi connectivity index (χ2n) is 3.72. The van der Waals surface area contributed by atoms with Crippen LogP contribution in [0.4, 0.5) is 5.13 Å². The van der Waals surface area contributed by atoms with E-state index in [4.69, 9.17) is 10.5 Å². The third kappa shape index (κ3) is 2.31. The molecule has 2 rings (SSSR count). The van der Waals surface area contributed by atoms with E-state index in [1.54, 1.807) is 13.3 Å². The predicted octanol–water partition coefficient (Wildman–Crippen LogP) is 1.61. The summed E-state index contributed by atoms with van der Waals surface area (Å²) in [7, 11) is 1.55. The first-order valence-electron chi connectivity index (χ1n) is 5.15. The lowest BCUT2D eigenvalue weighted by molar-refractivity contribution is -0.000758. The maximum atomic E-state index is 10.8. The lowest BCUT2D eigenvalue weighted by Gasteiger charge is -2.26. The molecule has 0 radical (unpaired) electrons. The molecule has 4 nitrogen and oxygen atoms in total. The van der Waals surface area contributed by atoms with Crippen LogP contribution in [0.25, 0.3) is 0 Å². The van der Waals surface area contributed by atoms with Crippen molar-refractivity contribution >= 4 is 16.5 Å². The van der Waals surface area contributed by atoms with E-state index >= 15 is 0 Å². The number of thiazole rings is 1. The molecule has 0 bridgehead atoms. The van der Waals surface area contributed by atoms with Crippen LogP contribution in [0.2, 0.25) is 0 Å². The Hall–Kier alpha value is -1.43. The van der Waals surface area contributed by atoms with Gasteiger partial charge >= 0.3 is 0 Å². The van der Waals surface area contributed by atoms with Gasteiger partial charge in [-0.3, -0.25) is 0 Å². The van der Waals surface area contributed by atoms with Crippen molar-refractivity contribution < 1.29 is 9.84 Å². The molecule has 0 saturated carbocycles. The van der Waals surface area contributed by atoms with E-state index < -0.39 is 5.60 Å². The van der Waals surface area contributed by atoms with Crippen LogP contribution >= 0.6 is 11.3 Å². The normalized spacial score (nSPS) is 14.5. The van der Waals surface area contributed by atoms with Crippen LogP contribution in [0.3, 0.4) is 0 Å². The lowest BCUT2D eigenvalue weighted by atomic mass is 9.93. The monoisotopic (exact) mass is 250 g/mol. The number of hydrogen-bond donors (Lipinski definition) is 2. The molecule has 1 aromatic carbocycles. The van der Waals surface area contributed by atoms with E-state index in [1.165, 1.54) is 11.3 Å². The largest absolute Gasteiger partial charge is 0.381 e. The van der Waals surface area contributed by atoms with E-state index in [1.807, 2.05) is 30.3 Å². The number of hydrogen-bond acceptors (Lipinski definition) is 5. The minimum absolute atomic E-state index is 0.165. The van der Waals surface area contributed by atoms with Crippen LogP contribution in [-0.2, 0) is 10.3 Å². The minimum atomic E-state index is -1.19. The van der Waals surface area contributed by atoms with Crippen molar-refractivity contribution in [3.63, 3.8) is 0 Å². The van der Waals surface area contributed by atoms with Gasteiger partial charge in [0.05, 0.1) is 11.5 Å². The molecular formula is C12H14N2O2S. The van der Waals surface area contributed by atoms with E-state index in [2.05, 4.69) is 4.98 Å². The van der Waals surface area contributed by atoms with Crippen LogP contribution in [0, 0.1) is 0 Å². The second-order valence-corrected chi connectivity index (χ2v) is 4.78. The topological polar surface area (TPSA) is 68.4 Å². The molecule has 1 atom stereocenters. The fourth-order valence-electron chi connectivity index (χ4n) is 1.70. The standard InChI is InChI=1S/C12H14N2O2S/c1-16-8-12(15,9-5-3-2-4-6-9)10-7-14-11(13)17-10/h2-7,15H,8H2,1H3,(H2,13,14). The van der Waals surface area contributed by atoms with Gasteiger partial charge in [-0.25, -0.2) is 4.98 Å². The zero-order chi connectivity index (χ0) is 12.3. The molecule has 0 aliphatic heterocycles. The molecule has 0 saturated heterocycles. The van der Waals surface area contributed by atoms with Gasteiger partial charge in [0, 0.05) is 13.3 Å². The van der Waals surface area contributed by atoms with Gasteiger partial charge in [0.15, 0.2) is 5.13 Å². The first-order chi connectivity index (χ1) is 8.16. The van der Waals surface area contributed by atoms with Crippen molar-refractivity contribution in [2.45, 2.75) is 5.60 Å². The van der Waals surface area contributed by atoms with Crippen molar-refractivity contribution in [3.05, 3.63) is 47.0 Å². The summed E-state index contributed by atoms with van der Waals surface area (Å²) in [6.07, 6.45) is 1.59. The Morgan fingerprint density at radius 2 is 2.12 bits per heavy atom. The third-order valence-electron chi connectivity index (χ3n) is 2.54. The van der Waals surface area contributed by atoms with Gasteiger partial charge in [-0.2, -0.15) is 0 Å². The maximum absolute atomic E-state index is 10.8. The molecule has 1 aromatic heterocycles. The second kappa shape index (κ2) is 4.83. The molecule has 0 aliphatic rings. The molecular weight excluding hydrogens is 236 g/mol. The zero-order valence-corrected chi connectivity index (χ0v) is 10.3. The number of ether oxygens (including phenoxy) is 1. The SMILES string of the molecule is COCC(O)(c1ccccc1)c1cnc(N)s1. The molecule has 0 fully saturated rings. The van der Waals surface area contributed by atoms with E-state index in [0.29, 0.717) is 10.0 Å². The first-order valence-corrected chi connectivity index (χ1v) is 5.97. The van der Waals surface area contributed by atoms with E-state index in [9.17, 15) is 5.11 Å². The molecule has 5 heteroatoms. The van der Waals surface area contributed by atoms with E-state index in [0.717, 1.165) is 5.56 Å². The highest BCUT2D eigenvalue weighted by Gasteiger charge is 2.33. The number of anilines is 1. The number of rotatable bonds is 4. The summed E-state index contributed by atoms with van der Waals surface area (Å²) in [5.74, 6) is 0. The van der Waals surface area contributed by atoms with Crippen LogP contribution < -0.4 is 5.73 Å². The number of benzene rings is 1. The van der Waals surface area contributed by atoms with Gasteiger partial charge in [-0.05, 0) is 5.56 Å². The van der Waals surface area contributed by atoms with Crippen molar-refractivity contribution in [2.24, 2.45) is 0 Å². The van der Waals surface area contributed by atoms with Crippen molar-refractivity contribution in [3.8, 4) is 0 Å². The summed E-state index contributed by atoms with van der Waals surface area (Å²) in [5, 5.41) is 11.2. The van der Waals surface area contributed by atoms with Crippen LogP contribution in [-0.4, -0.2) is 23.8 Å². The molecule has 1 unspecified atom stereocenters. The molecule has 2 aromatic rings. The Morgan fingerprint density at radius 1 is 1.41 bits per heavy atom. The van der Waals surface area contributed by atoms with Crippen LogP contribution in [0.5, 0.6) is 0 Å². The Morgan fingerprint density at radius 3 is 2.65 bits per heavy atom.